The van der Waals surface area contributed by atoms with Gasteiger partial charge in [0.05, 0.1) is 26.9 Å². The van der Waals surface area contributed by atoms with E-state index in [2.05, 4.69) is 46.0 Å². The quantitative estimate of drug-likeness (QED) is 0.320. The monoisotopic (exact) mass is 473 g/mol. The smallest absolute Gasteiger partial charge is 0.192 e. The first-order chi connectivity index (χ1) is 15.1. The molecule has 174 valence electrons. The van der Waals surface area contributed by atoms with Crippen molar-refractivity contribution in [2.75, 3.05) is 14.2 Å². The molecule has 32 heavy (non-hydrogen) atoms. The topological polar surface area (TPSA) is 40.0 Å². The average molecular weight is 474 g/mol. The Kier molecular flexibility index (Phi) is 7.74. The Balaban J connectivity index is 1.95. The highest BCUT2D eigenvalue weighted by Gasteiger charge is 2.40. The molecule has 4 nitrogen and oxygen atoms in total. The predicted molar refractivity (Wildman–Crippen MR) is 136 cm³/mol. The summed E-state index contributed by atoms with van der Waals surface area (Å²) in [4.78, 5) is 5.04. The number of hydrogen-bond acceptors (Lipinski definition) is 4. The molecule has 2 aromatic carbocycles. The largest absolute Gasteiger partial charge is 0.497 e. The molecule has 0 spiro atoms. The molecule has 3 rings (SSSR count). The number of rotatable bonds is 6. The number of ether oxygens (including phenoxy) is 2. The van der Waals surface area contributed by atoms with E-state index < -0.39 is 8.32 Å². The molecule has 1 aliphatic carbocycles. The predicted octanol–water partition coefficient (Wildman–Crippen LogP) is 7.59. The van der Waals surface area contributed by atoms with Gasteiger partial charge in [0.1, 0.15) is 11.5 Å². The minimum Gasteiger partial charge on any atom is -0.497 e. The van der Waals surface area contributed by atoms with Crippen LogP contribution in [-0.4, -0.2) is 28.2 Å². The molecule has 1 atom stereocenters. The van der Waals surface area contributed by atoms with Gasteiger partial charge in [0, 0.05) is 27.9 Å². The second-order valence-electron chi connectivity index (χ2n) is 9.93. The van der Waals surface area contributed by atoms with Crippen molar-refractivity contribution in [3.63, 3.8) is 0 Å². The summed E-state index contributed by atoms with van der Waals surface area (Å²) in [7, 11) is 1.41. The number of benzene rings is 2. The van der Waals surface area contributed by atoms with Crippen LogP contribution in [0.2, 0.25) is 23.2 Å². The highest BCUT2D eigenvalue weighted by Crippen LogP contribution is 2.43. The van der Waals surface area contributed by atoms with Crippen molar-refractivity contribution in [2.45, 2.75) is 70.8 Å². The van der Waals surface area contributed by atoms with Crippen LogP contribution in [0.25, 0.3) is 0 Å². The number of nitrogens with zero attached hydrogens (tertiary/aromatic N) is 1. The average Bonchev–Trinajstić information content (AvgIpc) is 2.90. The second-order valence-corrected chi connectivity index (χ2v) is 15.1. The molecule has 0 saturated carbocycles. The fourth-order valence-electron chi connectivity index (χ4n) is 3.79. The maximum absolute atomic E-state index is 6.87. The van der Waals surface area contributed by atoms with Gasteiger partial charge in [0.2, 0.25) is 0 Å². The van der Waals surface area contributed by atoms with E-state index in [1.165, 1.54) is 5.56 Å². The van der Waals surface area contributed by atoms with Gasteiger partial charge in [-0.3, -0.25) is 4.99 Å². The molecule has 0 amide bonds. The lowest BCUT2D eigenvalue weighted by molar-refractivity contribution is 0.173. The number of methoxy groups -OCH3 is 2. The normalized spacial score (nSPS) is 18.2. The zero-order valence-corrected chi connectivity index (χ0v) is 22.2. The van der Waals surface area contributed by atoms with Crippen LogP contribution < -0.4 is 9.47 Å². The molecule has 0 radical (unpaired) electrons. The van der Waals surface area contributed by atoms with Crippen LogP contribution in [0.3, 0.4) is 0 Å². The zero-order valence-electron chi connectivity index (χ0n) is 20.4. The third kappa shape index (κ3) is 5.56. The minimum absolute atomic E-state index is 0.0489. The van der Waals surface area contributed by atoms with E-state index in [1.54, 1.807) is 14.2 Å². The van der Waals surface area contributed by atoms with Gasteiger partial charge >= 0.3 is 0 Å². The molecule has 0 heterocycles. The highest BCUT2D eigenvalue weighted by atomic mass is 35.5. The van der Waals surface area contributed by atoms with E-state index >= 15 is 0 Å². The summed E-state index contributed by atoms with van der Waals surface area (Å²) >= 11 is 6.43. The summed E-state index contributed by atoms with van der Waals surface area (Å²) in [5.74, 6) is 1.57. The minimum atomic E-state index is -1.93. The van der Waals surface area contributed by atoms with Crippen molar-refractivity contribution < 1.29 is 13.9 Å². The highest BCUT2D eigenvalue weighted by molar-refractivity contribution is 6.74. The van der Waals surface area contributed by atoms with Gasteiger partial charge < -0.3 is 13.9 Å². The van der Waals surface area contributed by atoms with Gasteiger partial charge in [0.25, 0.3) is 0 Å². The van der Waals surface area contributed by atoms with E-state index in [1.807, 2.05) is 24.3 Å². The fourth-order valence-corrected chi connectivity index (χ4v) is 5.28. The van der Waals surface area contributed by atoms with Crippen molar-refractivity contribution >= 4 is 25.6 Å². The van der Waals surface area contributed by atoms with E-state index in [0.29, 0.717) is 6.54 Å². The zero-order chi connectivity index (χ0) is 23.5. The molecule has 0 aliphatic heterocycles. The Morgan fingerprint density at radius 3 is 2.47 bits per heavy atom. The van der Waals surface area contributed by atoms with Crippen molar-refractivity contribution in [1.82, 2.24) is 0 Å². The number of hydrogen-bond donors (Lipinski definition) is 0. The van der Waals surface area contributed by atoms with Crippen LogP contribution in [-0.2, 0) is 11.0 Å². The standard InChI is InChI=1S/C26H36ClNO3Si/c1-26(2,3)32(6,7)31-24-10-8-9-23(21-14-12-19(27)15-22(21)24)28-17-18-11-13-20(29-4)16-25(18)30-5/h11-16,24H,8-10,17H2,1-7H3/b28-23-. The lowest BCUT2D eigenvalue weighted by Crippen LogP contribution is -2.41. The number of aliphatic imine (C=N–C) groups is 1. The third-order valence-electron chi connectivity index (χ3n) is 6.73. The van der Waals surface area contributed by atoms with Crippen LogP contribution in [0.5, 0.6) is 11.5 Å². The number of fused-ring (bicyclic) bond motifs is 1. The summed E-state index contributed by atoms with van der Waals surface area (Å²) in [6, 6.07) is 12.0. The molecular formula is C26H36ClNO3Si. The Bertz CT molecular complexity index is 982. The molecule has 0 fully saturated rings. The van der Waals surface area contributed by atoms with Crippen LogP contribution in [0.15, 0.2) is 41.4 Å². The summed E-state index contributed by atoms with van der Waals surface area (Å²) in [5.41, 5.74) is 4.47. The SMILES string of the molecule is COc1ccc(C/N=C2/CCCC(O[Si](C)(C)C(C)(C)C)c3cc(Cl)ccc32)c(OC)c1. The van der Waals surface area contributed by atoms with Crippen LogP contribution >= 0.6 is 11.6 Å². The number of halogens is 1. The molecule has 0 saturated heterocycles. The molecule has 1 unspecified atom stereocenters. The molecule has 0 bridgehead atoms. The lowest BCUT2D eigenvalue weighted by Gasteiger charge is -2.39. The van der Waals surface area contributed by atoms with Gasteiger partial charge in [-0.15, -0.1) is 0 Å². The van der Waals surface area contributed by atoms with Gasteiger partial charge in [-0.05, 0) is 67.2 Å². The van der Waals surface area contributed by atoms with E-state index in [0.717, 1.165) is 52.6 Å². The Labute approximate surface area is 199 Å². The van der Waals surface area contributed by atoms with Gasteiger partial charge in [0.15, 0.2) is 8.32 Å². The van der Waals surface area contributed by atoms with Crippen molar-refractivity contribution in [2.24, 2.45) is 4.99 Å². The first-order valence-corrected chi connectivity index (χ1v) is 14.6. The Morgan fingerprint density at radius 1 is 1.06 bits per heavy atom. The van der Waals surface area contributed by atoms with Gasteiger partial charge in [-0.2, -0.15) is 0 Å². The maximum Gasteiger partial charge on any atom is 0.192 e. The summed E-state index contributed by atoms with van der Waals surface area (Å²) in [6.45, 7) is 12.0. The molecule has 2 aromatic rings. The summed E-state index contributed by atoms with van der Waals surface area (Å²) in [6.07, 6.45) is 2.98. The fraction of sp³-hybridized carbons (Fsp3) is 0.500. The Morgan fingerprint density at radius 2 is 1.81 bits per heavy atom. The van der Waals surface area contributed by atoms with E-state index in [4.69, 9.17) is 30.5 Å². The molecule has 0 aromatic heterocycles. The molecule has 6 heteroatoms. The first-order valence-electron chi connectivity index (χ1n) is 11.3. The first kappa shape index (κ1) is 24.8. The van der Waals surface area contributed by atoms with E-state index in [9.17, 15) is 0 Å². The molecule has 0 N–H and O–H groups in total. The molecule has 1 aliphatic rings. The van der Waals surface area contributed by atoms with Crippen LogP contribution in [0, 0.1) is 0 Å². The third-order valence-corrected chi connectivity index (χ3v) is 11.5. The van der Waals surface area contributed by atoms with Crippen molar-refractivity contribution in [1.29, 1.82) is 0 Å². The van der Waals surface area contributed by atoms with Crippen LogP contribution in [0.4, 0.5) is 0 Å². The maximum atomic E-state index is 6.87. The Hall–Kier alpha value is -1.82. The van der Waals surface area contributed by atoms with Gasteiger partial charge in [-0.1, -0.05) is 38.4 Å². The summed E-state index contributed by atoms with van der Waals surface area (Å²) < 4.78 is 17.7. The van der Waals surface area contributed by atoms with E-state index in [-0.39, 0.29) is 11.1 Å². The van der Waals surface area contributed by atoms with Crippen molar-refractivity contribution in [3.05, 3.63) is 58.1 Å². The second kappa shape index (κ2) is 9.98. The van der Waals surface area contributed by atoms with Gasteiger partial charge in [-0.25, -0.2) is 0 Å². The van der Waals surface area contributed by atoms with Crippen molar-refractivity contribution in [3.8, 4) is 11.5 Å². The lowest BCUT2D eigenvalue weighted by atomic mass is 10.00. The van der Waals surface area contributed by atoms with Crippen LogP contribution in [0.1, 0.15) is 62.8 Å². The summed E-state index contributed by atoms with van der Waals surface area (Å²) in [5, 5.41) is 0.894. The molecular weight excluding hydrogens is 438 g/mol.